The maximum absolute atomic E-state index is 14.0. The second kappa shape index (κ2) is 5.29. The van der Waals surface area contributed by atoms with E-state index in [1.807, 2.05) is 6.92 Å². The van der Waals surface area contributed by atoms with Crippen molar-refractivity contribution in [2.45, 2.75) is 25.7 Å². The molecule has 110 valence electrons. The molecule has 1 saturated carbocycles. The third-order valence-electron chi connectivity index (χ3n) is 3.75. The van der Waals surface area contributed by atoms with Crippen LogP contribution in [0.5, 0.6) is 0 Å². The molecule has 6 heteroatoms. The Bertz CT molecular complexity index is 669. The van der Waals surface area contributed by atoms with E-state index in [0.717, 1.165) is 24.2 Å². The van der Waals surface area contributed by atoms with Crippen LogP contribution in [0.15, 0.2) is 24.3 Å². The van der Waals surface area contributed by atoms with Gasteiger partial charge in [-0.05, 0) is 31.9 Å². The highest BCUT2D eigenvalue weighted by Crippen LogP contribution is 2.40. The van der Waals surface area contributed by atoms with Crippen molar-refractivity contribution in [3.8, 4) is 0 Å². The molecular weight excluding hydrogens is 269 g/mol. The highest BCUT2D eigenvalue weighted by Gasteiger charge is 2.29. The van der Waals surface area contributed by atoms with Gasteiger partial charge in [0.15, 0.2) is 0 Å². The molecule has 2 aromatic rings. The van der Waals surface area contributed by atoms with Gasteiger partial charge in [0.2, 0.25) is 0 Å². The molecule has 3 rings (SSSR count). The molecule has 1 aliphatic carbocycles. The lowest BCUT2D eigenvalue weighted by Gasteiger charge is -2.22. The molecular formula is C15H18FN5. The summed E-state index contributed by atoms with van der Waals surface area (Å²) in [4.78, 5) is 10.8. The van der Waals surface area contributed by atoms with Crippen LogP contribution in [0.3, 0.4) is 0 Å². The number of halogens is 1. The van der Waals surface area contributed by atoms with Crippen molar-refractivity contribution in [3.63, 3.8) is 0 Å². The highest BCUT2D eigenvalue weighted by molar-refractivity contribution is 5.67. The van der Waals surface area contributed by atoms with Crippen LogP contribution in [0.4, 0.5) is 21.7 Å². The van der Waals surface area contributed by atoms with Gasteiger partial charge in [-0.15, -0.1) is 0 Å². The molecule has 5 nitrogen and oxygen atoms in total. The number of nitrogen functional groups attached to an aromatic ring is 1. The minimum atomic E-state index is -0.284. The first-order valence-corrected chi connectivity index (χ1v) is 6.95. The smallest absolute Gasteiger partial charge is 0.148 e. The molecule has 1 aromatic heterocycles. The summed E-state index contributed by atoms with van der Waals surface area (Å²) >= 11 is 0. The zero-order chi connectivity index (χ0) is 15.0. The summed E-state index contributed by atoms with van der Waals surface area (Å²) < 4.78 is 14.0. The summed E-state index contributed by atoms with van der Waals surface area (Å²) in [6, 6.07) is 6.63. The lowest BCUT2D eigenvalue weighted by Crippen LogP contribution is -2.19. The van der Waals surface area contributed by atoms with Gasteiger partial charge in [0.25, 0.3) is 0 Å². The first-order valence-electron chi connectivity index (χ1n) is 6.95. The fraction of sp³-hybridized carbons (Fsp3) is 0.333. The topological polar surface area (TPSA) is 67.1 Å². The van der Waals surface area contributed by atoms with Gasteiger partial charge in [-0.3, -0.25) is 0 Å². The number of aromatic nitrogens is 2. The Morgan fingerprint density at radius 1 is 1.29 bits per heavy atom. The molecule has 1 aliphatic rings. The van der Waals surface area contributed by atoms with Crippen molar-refractivity contribution in [2.24, 2.45) is 5.84 Å². The van der Waals surface area contributed by atoms with Gasteiger partial charge in [-0.2, -0.15) is 0 Å². The van der Waals surface area contributed by atoms with E-state index in [0.29, 0.717) is 23.2 Å². The Balaban J connectivity index is 2.08. The number of benzene rings is 1. The van der Waals surface area contributed by atoms with E-state index in [2.05, 4.69) is 15.4 Å². The fourth-order valence-electron chi connectivity index (χ4n) is 2.35. The van der Waals surface area contributed by atoms with Crippen LogP contribution in [0.2, 0.25) is 0 Å². The van der Waals surface area contributed by atoms with Gasteiger partial charge < -0.3 is 10.3 Å². The van der Waals surface area contributed by atoms with Gasteiger partial charge in [-0.25, -0.2) is 20.2 Å². The largest absolute Gasteiger partial charge is 0.327 e. The number of nitrogens with zero attached hydrogens (tertiary/aromatic N) is 3. The van der Waals surface area contributed by atoms with Crippen molar-refractivity contribution in [1.29, 1.82) is 0 Å². The molecule has 1 aromatic carbocycles. The maximum Gasteiger partial charge on any atom is 0.148 e. The molecule has 0 aliphatic heterocycles. The summed E-state index contributed by atoms with van der Waals surface area (Å²) in [6.07, 6.45) is 2.19. The van der Waals surface area contributed by atoms with Crippen LogP contribution in [0, 0.1) is 12.7 Å². The minimum absolute atomic E-state index is 0.284. The fourth-order valence-corrected chi connectivity index (χ4v) is 2.35. The van der Waals surface area contributed by atoms with E-state index < -0.39 is 0 Å². The first-order chi connectivity index (χ1) is 10.1. The van der Waals surface area contributed by atoms with E-state index in [4.69, 9.17) is 5.84 Å². The molecule has 1 fully saturated rings. The van der Waals surface area contributed by atoms with Crippen molar-refractivity contribution >= 4 is 17.3 Å². The molecule has 0 amide bonds. The number of nitrogens with two attached hydrogens (primary N) is 1. The number of hydrazine groups is 1. The van der Waals surface area contributed by atoms with E-state index in [1.165, 1.54) is 6.07 Å². The van der Waals surface area contributed by atoms with Crippen LogP contribution in [0.25, 0.3) is 0 Å². The standard InChI is InChI=1S/C15H18FN5/c1-9-13(20-17)18-14(10-7-8-10)19-15(9)21(2)12-6-4-3-5-11(12)16/h3-6,10H,7-8,17H2,1-2H3,(H,18,19,20). The Morgan fingerprint density at radius 3 is 2.62 bits per heavy atom. The lowest BCUT2D eigenvalue weighted by atomic mass is 10.2. The van der Waals surface area contributed by atoms with Crippen LogP contribution >= 0.6 is 0 Å². The molecule has 1 heterocycles. The highest BCUT2D eigenvalue weighted by atomic mass is 19.1. The molecule has 0 radical (unpaired) electrons. The van der Waals surface area contributed by atoms with Crippen LogP contribution in [-0.4, -0.2) is 17.0 Å². The Hall–Kier alpha value is -2.21. The number of hydrogen-bond acceptors (Lipinski definition) is 5. The average Bonchev–Trinajstić information content (AvgIpc) is 3.32. The first kappa shape index (κ1) is 13.8. The van der Waals surface area contributed by atoms with Crippen molar-refractivity contribution in [1.82, 2.24) is 9.97 Å². The van der Waals surface area contributed by atoms with E-state index >= 15 is 0 Å². The predicted octanol–water partition coefficient (Wildman–Crippen LogP) is 2.86. The number of nitrogens with one attached hydrogen (secondary N) is 1. The van der Waals surface area contributed by atoms with E-state index in [-0.39, 0.29) is 5.82 Å². The van der Waals surface area contributed by atoms with Gasteiger partial charge >= 0.3 is 0 Å². The summed E-state index contributed by atoms with van der Waals surface area (Å²) in [7, 11) is 1.80. The predicted molar refractivity (Wildman–Crippen MR) is 81.0 cm³/mol. The molecule has 0 bridgehead atoms. The normalized spacial score (nSPS) is 14.1. The zero-order valence-electron chi connectivity index (χ0n) is 12.1. The quantitative estimate of drug-likeness (QED) is 0.668. The van der Waals surface area contributed by atoms with Crippen LogP contribution in [-0.2, 0) is 0 Å². The third-order valence-corrected chi connectivity index (χ3v) is 3.75. The third kappa shape index (κ3) is 2.54. The second-order valence-electron chi connectivity index (χ2n) is 5.31. The maximum atomic E-state index is 14.0. The van der Waals surface area contributed by atoms with Gasteiger partial charge in [0.1, 0.15) is 23.3 Å². The van der Waals surface area contributed by atoms with Gasteiger partial charge in [-0.1, -0.05) is 12.1 Å². The number of rotatable bonds is 4. The van der Waals surface area contributed by atoms with Crippen molar-refractivity contribution < 1.29 is 4.39 Å². The van der Waals surface area contributed by atoms with Crippen LogP contribution in [0.1, 0.15) is 30.1 Å². The Labute approximate surface area is 123 Å². The summed E-state index contributed by atoms with van der Waals surface area (Å²) in [5.41, 5.74) is 3.88. The summed E-state index contributed by atoms with van der Waals surface area (Å²) in [6.45, 7) is 1.87. The minimum Gasteiger partial charge on any atom is -0.327 e. The van der Waals surface area contributed by atoms with Crippen molar-refractivity contribution in [2.75, 3.05) is 17.4 Å². The average molecular weight is 287 g/mol. The number of anilines is 3. The molecule has 0 atom stereocenters. The van der Waals surface area contributed by atoms with Crippen molar-refractivity contribution in [3.05, 3.63) is 41.5 Å². The van der Waals surface area contributed by atoms with Gasteiger partial charge in [0, 0.05) is 18.5 Å². The molecule has 0 spiro atoms. The number of hydrogen-bond donors (Lipinski definition) is 2. The summed E-state index contributed by atoms with van der Waals surface area (Å²) in [5, 5.41) is 0. The molecule has 0 unspecified atom stereocenters. The van der Waals surface area contributed by atoms with Gasteiger partial charge in [0.05, 0.1) is 5.69 Å². The number of para-hydroxylation sites is 1. The lowest BCUT2D eigenvalue weighted by molar-refractivity contribution is 0.627. The Kier molecular flexibility index (Phi) is 3.47. The SMILES string of the molecule is Cc1c(NN)nc(C2CC2)nc1N(C)c1ccccc1F. The van der Waals surface area contributed by atoms with E-state index in [1.54, 1.807) is 30.1 Å². The van der Waals surface area contributed by atoms with Crippen LogP contribution < -0.4 is 16.2 Å². The second-order valence-corrected chi connectivity index (χ2v) is 5.31. The zero-order valence-corrected chi connectivity index (χ0v) is 12.1. The molecule has 3 N–H and O–H groups in total. The monoisotopic (exact) mass is 287 g/mol. The Morgan fingerprint density at radius 2 is 2.00 bits per heavy atom. The van der Waals surface area contributed by atoms with E-state index in [9.17, 15) is 4.39 Å². The summed E-state index contributed by atoms with van der Waals surface area (Å²) in [5.74, 6) is 7.68. The molecule has 0 saturated heterocycles. The molecule has 21 heavy (non-hydrogen) atoms.